The van der Waals surface area contributed by atoms with E-state index in [0.29, 0.717) is 53.0 Å². The summed E-state index contributed by atoms with van der Waals surface area (Å²) in [4.78, 5) is 27.0. The number of hydrogen-bond acceptors (Lipinski definition) is 7. The standard InChI is InChI=1S/C32H29N3O6S/c1-2-40-31(37)19-25-12-11-23-6-3-4-8-28(23)32(25)42(38,39)34-26-13-16-29-24(18-26)7-5-17-35(29)30(36)21-41-27-14-9-22(20-33)10-15-27/h3-4,6,8-16,18,34H,2,5,7,17,19,21H2,1H3. The first kappa shape index (κ1) is 28.6. The lowest BCUT2D eigenvalue weighted by molar-refractivity contribution is -0.142. The number of anilines is 2. The molecule has 4 aromatic rings. The van der Waals surface area contributed by atoms with E-state index in [1.54, 1.807) is 78.6 Å². The first-order valence-electron chi connectivity index (χ1n) is 13.5. The highest BCUT2D eigenvalue weighted by Crippen LogP contribution is 2.33. The average Bonchev–Trinajstić information content (AvgIpc) is 2.99. The Kier molecular flexibility index (Phi) is 8.41. The molecule has 1 aliphatic rings. The molecule has 0 aliphatic carbocycles. The van der Waals surface area contributed by atoms with E-state index in [-0.39, 0.29) is 30.4 Å². The van der Waals surface area contributed by atoms with Crippen LogP contribution in [-0.2, 0) is 37.2 Å². The van der Waals surface area contributed by atoms with Gasteiger partial charge >= 0.3 is 5.97 Å². The van der Waals surface area contributed by atoms with Crippen LogP contribution in [0.1, 0.15) is 30.0 Å². The van der Waals surface area contributed by atoms with Crippen LogP contribution in [-0.4, -0.2) is 40.1 Å². The fourth-order valence-corrected chi connectivity index (χ4v) is 6.59. The molecule has 1 amide bonds. The van der Waals surface area contributed by atoms with Crippen molar-refractivity contribution in [1.82, 2.24) is 0 Å². The Morgan fingerprint density at radius 1 is 1.02 bits per heavy atom. The molecular weight excluding hydrogens is 554 g/mol. The number of esters is 1. The van der Waals surface area contributed by atoms with Gasteiger partial charge in [-0.3, -0.25) is 14.3 Å². The molecule has 0 radical (unpaired) electrons. The molecule has 9 nitrogen and oxygen atoms in total. The number of nitriles is 1. The number of nitrogens with one attached hydrogen (secondary N) is 1. The van der Waals surface area contributed by atoms with Crippen LogP contribution in [0.15, 0.2) is 83.8 Å². The number of ether oxygens (including phenoxy) is 2. The Labute approximate surface area is 244 Å². The highest BCUT2D eigenvalue weighted by molar-refractivity contribution is 7.93. The number of fused-ring (bicyclic) bond motifs is 2. The number of benzene rings is 4. The summed E-state index contributed by atoms with van der Waals surface area (Å²) >= 11 is 0. The van der Waals surface area contributed by atoms with Gasteiger partial charge in [-0.25, -0.2) is 8.42 Å². The molecule has 0 saturated carbocycles. The fourth-order valence-electron chi connectivity index (χ4n) is 5.09. The third kappa shape index (κ3) is 6.21. The number of carbonyl (C=O) groups is 2. The van der Waals surface area contributed by atoms with E-state index in [4.69, 9.17) is 14.7 Å². The number of amides is 1. The number of carbonyl (C=O) groups excluding carboxylic acids is 2. The Hall–Kier alpha value is -4.88. The van der Waals surface area contributed by atoms with Gasteiger partial charge in [-0.1, -0.05) is 36.4 Å². The molecule has 42 heavy (non-hydrogen) atoms. The summed E-state index contributed by atoms with van der Waals surface area (Å²) in [7, 11) is -4.11. The van der Waals surface area contributed by atoms with Crippen LogP contribution < -0.4 is 14.4 Å². The largest absolute Gasteiger partial charge is 0.484 e. The highest BCUT2D eigenvalue weighted by Gasteiger charge is 2.26. The lowest BCUT2D eigenvalue weighted by Crippen LogP contribution is -2.38. The van der Waals surface area contributed by atoms with Crippen molar-refractivity contribution in [3.63, 3.8) is 0 Å². The molecule has 214 valence electrons. The maximum atomic E-state index is 13.8. The molecular formula is C32H29N3O6S. The SMILES string of the molecule is CCOC(=O)Cc1ccc2ccccc2c1S(=O)(=O)Nc1ccc2c(c1)CCCN2C(=O)COc1ccc(C#N)cc1. The summed E-state index contributed by atoms with van der Waals surface area (Å²) in [5.41, 5.74) is 2.73. The van der Waals surface area contributed by atoms with Gasteiger partial charge in [-0.15, -0.1) is 0 Å². The van der Waals surface area contributed by atoms with Crippen molar-refractivity contribution < 1.29 is 27.5 Å². The van der Waals surface area contributed by atoms with Gasteiger partial charge in [-0.05, 0) is 78.7 Å². The van der Waals surface area contributed by atoms with Crippen molar-refractivity contribution in [2.45, 2.75) is 31.1 Å². The molecule has 0 saturated heterocycles. The normalized spacial score (nSPS) is 12.7. The minimum absolute atomic E-state index is 0.0307. The van der Waals surface area contributed by atoms with E-state index in [1.807, 2.05) is 18.2 Å². The molecule has 5 rings (SSSR count). The third-order valence-corrected chi connectivity index (χ3v) is 8.49. The highest BCUT2D eigenvalue weighted by atomic mass is 32.2. The minimum Gasteiger partial charge on any atom is -0.484 e. The van der Waals surface area contributed by atoms with Gasteiger partial charge in [-0.2, -0.15) is 5.26 Å². The summed E-state index contributed by atoms with van der Waals surface area (Å²) in [5, 5.41) is 10.2. The third-order valence-electron chi connectivity index (χ3n) is 6.97. The molecule has 10 heteroatoms. The molecule has 1 N–H and O–H groups in total. The second-order valence-corrected chi connectivity index (χ2v) is 11.4. The van der Waals surface area contributed by atoms with Gasteiger partial charge in [0, 0.05) is 23.3 Å². The number of hydrogen-bond donors (Lipinski definition) is 1. The summed E-state index contributed by atoms with van der Waals surface area (Å²) in [6.45, 7) is 2.23. The van der Waals surface area contributed by atoms with E-state index in [9.17, 15) is 18.0 Å². The minimum atomic E-state index is -4.11. The van der Waals surface area contributed by atoms with Crippen molar-refractivity contribution in [2.24, 2.45) is 0 Å². The Morgan fingerprint density at radius 2 is 1.81 bits per heavy atom. The van der Waals surface area contributed by atoms with Crippen LogP contribution in [0, 0.1) is 11.3 Å². The van der Waals surface area contributed by atoms with E-state index in [2.05, 4.69) is 4.72 Å². The average molecular weight is 584 g/mol. The lowest BCUT2D eigenvalue weighted by atomic mass is 10.0. The zero-order valence-electron chi connectivity index (χ0n) is 23.0. The van der Waals surface area contributed by atoms with Gasteiger partial charge in [0.15, 0.2) is 6.61 Å². The van der Waals surface area contributed by atoms with Crippen LogP contribution in [0.2, 0.25) is 0 Å². The predicted octanol–water partition coefficient (Wildman–Crippen LogP) is 4.98. The van der Waals surface area contributed by atoms with Crippen molar-refractivity contribution in [2.75, 3.05) is 29.4 Å². The van der Waals surface area contributed by atoms with E-state index in [0.717, 1.165) is 10.9 Å². The van der Waals surface area contributed by atoms with Crippen molar-refractivity contribution in [3.8, 4) is 11.8 Å². The van der Waals surface area contributed by atoms with Crippen LogP contribution in [0.3, 0.4) is 0 Å². The number of rotatable bonds is 9. The summed E-state index contributed by atoms with van der Waals surface area (Å²) in [6.07, 6.45) is 1.20. The van der Waals surface area contributed by atoms with Crippen LogP contribution in [0.4, 0.5) is 11.4 Å². The van der Waals surface area contributed by atoms with Gasteiger partial charge in [0.25, 0.3) is 15.9 Å². The van der Waals surface area contributed by atoms with Crippen LogP contribution in [0.5, 0.6) is 5.75 Å². The molecule has 1 heterocycles. The first-order chi connectivity index (χ1) is 20.3. The maximum absolute atomic E-state index is 13.8. The Morgan fingerprint density at radius 3 is 2.57 bits per heavy atom. The van der Waals surface area contributed by atoms with Crippen molar-refractivity contribution in [3.05, 3.63) is 95.6 Å². The summed E-state index contributed by atoms with van der Waals surface area (Å²) in [5.74, 6) is -0.251. The molecule has 0 bridgehead atoms. The predicted molar refractivity (Wildman–Crippen MR) is 159 cm³/mol. The molecule has 0 atom stereocenters. The van der Waals surface area contributed by atoms with E-state index in [1.165, 1.54) is 0 Å². The van der Waals surface area contributed by atoms with Gasteiger partial charge in [0.2, 0.25) is 0 Å². The second-order valence-electron chi connectivity index (χ2n) is 9.78. The van der Waals surface area contributed by atoms with Gasteiger partial charge in [0.05, 0.1) is 29.6 Å². The monoisotopic (exact) mass is 583 g/mol. The quantitative estimate of drug-likeness (QED) is 0.276. The maximum Gasteiger partial charge on any atom is 0.310 e. The zero-order chi connectivity index (χ0) is 29.7. The summed E-state index contributed by atoms with van der Waals surface area (Å²) in [6, 6.07) is 24.2. The molecule has 0 fully saturated rings. The van der Waals surface area contributed by atoms with Crippen molar-refractivity contribution in [1.29, 1.82) is 5.26 Å². The molecule has 0 unspecified atom stereocenters. The van der Waals surface area contributed by atoms with Crippen LogP contribution >= 0.6 is 0 Å². The topological polar surface area (TPSA) is 126 Å². The number of nitrogens with zero attached hydrogens (tertiary/aromatic N) is 2. The molecule has 4 aromatic carbocycles. The summed E-state index contributed by atoms with van der Waals surface area (Å²) < 4.78 is 41.0. The van der Waals surface area contributed by atoms with Crippen LogP contribution in [0.25, 0.3) is 10.8 Å². The number of aryl methyl sites for hydroxylation is 1. The molecule has 0 aromatic heterocycles. The Balaban J connectivity index is 1.38. The van der Waals surface area contributed by atoms with E-state index >= 15 is 0 Å². The zero-order valence-corrected chi connectivity index (χ0v) is 23.8. The number of sulfonamides is 1. The van der Waals surface area contributed by atoms with E-state index < -0.39 is 16.0 Å². The smallest absolute Gasteiger partial charge is 0.310 e. The second kappa shape index (κ2) is 12.3. The van der Waals surface area contributed by atoms with Gasteiger partial charge < -0.3 is 14.4 Å². The first-order valence-corrected chi connectivity index (χ1v) is 15.0. The van der Waals surface area contributed by atoms with Crippen molar-refractivity contribution >= 4 is 44.0 Å². The fraction of sp³-hybridized carbons (Fsp3) is 0.219. The molecule has 0 spiro atoms. The van der Waals surface area contributed by atoms with Gasteiger partial charge in [0.1, 0.15) is 5.75 Å². The lowest BCUT2D eigenvalue weighted by Gasteiger charge is -2.30. The molecule has 1 aliphatic heterocycles. The Bertz CT molecular complexity index is 1800.